The van der Waals surface area contributed by atoms with Gasteiger partial charge in [-0.3, -0.25) is 0 Å². The second kappa shape index (κ2) is 6.83. The van der Waals surface area contributed by atoms with Gasteiger partial charge in [0.1, 0.15) is 5.82 Å². The van der Waals surface area contributed by atoms with Crippen molar-refractivity contribution in [3.8, 4) is 0 Å². The van der Waals surface area contributed by atoms with Crippen LogP contribution in [0.5, 0.6) is 0 Å². The summed E-state index contributed by atoms with van der Waals surface area (Å²) in [5, 5.41) is 2.91. The van der Waals surface area contributed by atoms with E-state index in [2.05, 4.69) is 5.32 Å². The van der Waals surface area contributed by atoms with Crippen LogP contribution in [0.1, 0.15) is 25.5 Å². The Kier molecular flexibility index (Phi) is 6.16. The van der Waals surface area contributed by atoms with E-state index in [1.807, 2.05) is 38.4 Å². The molecule has 0 aliphatic heterocycles. The lowest BCUT2D eigenvalue weighted by atomic mass is 10.0. The zero-order valence-corrected chi connectivity index (χ0v) is 9.34. The standard InChI is InChI=1S/C13H16FN.CH4/c1-4-11(7-8-15-3)12-6-5-10(2)13(14)9-12;/h4-9,15H,1-3H3;1H4/b8-7-,11-4+;. The van der Waals surface area contributed by atoms with Crippen molar-refractivity contribution in [3.05, 3.63) is 53.5 Å². The molecule has 88 valence electrons. The van der Waals surface area contributed by atoms with Gasteiger partial charge in [0.05, 0.1) is 0 Å². The van der Waals surface area contributed by atoms with Crippen LogP contribution in [0, 0.1) is 12.7 Å². The summed E-state index contributed by atoms with van der Waals surface area (Å²) in [6, 6.07) is 5.28. The van der Waals surface area contributed by atoms with Crippen LogP contribution in [0.15, 0.2) is 36.6 Å². The minimum atomic E-state index is -0.162. The third-order valence-electron chi connectivity index (χ3n) is 2.25. The highest BCUT2D eigenvalue weighted by atomic mass is 19.1. The number of hydrogen-bond donors (Lipinski definition) is 1. The van der Waals surface area contributed by atoms with E-state index in [1.54, 1.807) is 19.1 Å². The molecule has 0 fully saturated rings. The summed E-state index contributed by atoms with van der Waals surface area (Å²) in [5.41, 5.74) is 2.57. The molecule has 0 spiro atoms. The Hall–Kier alpha value is -1.57. The fraction of sp³-hybridized carbons (Fsp3) is 0.286. The quantitative estimate of drug-likeness (QED) is 0.763. The highest BCUT2D eigenvalue weighted by Gasteiger charge is 2.01. The summed E-state index contributed by atoms with van der Waals surface area (Å²) in [6.07, 6.45) is 5.70. The zero-order valence-electron chi connectivity index (χ0n) is 9.34. The third-order valence-corrected chi connectivity index (χ3v) is 2.25. The van der Waals surface area contributed by atoms with E-state index in [9.17, 15) is 4.39 Å². The molecule has 0 aliphatic carbocycles. The first-order chi connectivity index (χ1) is 7.19. The van der Waals surface area contributed by atoms with Gasteiger partial charge in [0.15, 0.2) is 0 Å². The summed E-state index contributed by atoms with van der Waals surface area (Å²) < 4.78 is 13.3. The Morgan fingerprint density at radius 1 is 1.38 bits per heavy atom. The van der Waals surface area contributed by atoms with Crippen molar-refractivity contribution in [2.45, 2.75) is 21.3 Å². The van der Waals surface area contributed by atoms with Crippen molar-refractivity contribution in [2.75, 3.05) is 7.05 Å². The van der Waals surface area contributed by atoms with Crippen LogP contribution in [0.2, 0.25) is 0 Å². The number of rotatable bonds is 3. The Morgan fingerprint density at radius 2 is 2.06 bits per heavy atom. The lowest BCUT2D eigenvalue weighted by Crippen LogP contribution is -1.92. The van der Waals surface area contributed by atoms with Crippen molar-refractivity contribution in [1.82, 2.24) is 5.32 Å². The Balaban J connectivity index is 0.00000225. The van der Waals surface area contributed by atoms with E-state index in [-0.39, 0.29) is 13.2 Å². The molecule has 0 amide bonds. The van der Waals surface area contributed by atoms with E-state index in [1.165, 1.54) is 0 Å². The molecule has 1 aromatic rings. The first-order valence-electron chi connectivity index (χ1n) is 4.95. The van der Waals surface area contributed by atoms with Gasteiger partial charge in [-0.15, -0.1) is 0 Å². The summed E-state index contributed by atoms with van der Waals surface area (Å²) >= 11 is 0. The number of nitrogens with one attached hydrogen (secondary N) is 1. The maximum Gasteiger partial charge on any atom is 0.126 e. The fourth-order valence-electron chi connectivity index (χ4n) is 1.30. The van der Waals surface area contributed by atoms with Crippen LogP contribution in [-0.2, 0) is 0 Å². The molecule has 0 atom stereocenters. The maximum atomic E-state index is 13.3. The van der Waals surface area contributed by atoms with Gasteiger partial charge in [0, 0.05) is 7.05 Å². The van der Waals surface area contributed by atoms with Crippen LogP contribution < -0.4 is 5.32 Å². The molecular formula is C14H20FN. The predicted octanol–water partition coefficient (Wildman–Crippen LogP) is 3.91. The average molecular weight is 221 g/mol. The average Bonchev–Trinajstić information content (AvgIpc) is 2.24. The summed E-state index contributed by atoms with van der Waals surface area (Å²) in [7, 11) is 1.83. The van der Waals surface area contributed by atoms with Crippen LogP contribution in [0.4, 0.5) is 4.39 Å². The largest absolute Gasteiger partial charge is 0.394 e. The number of benzene rings is 1. The minimum Gasteiger partial charge on any atom is -0.394 e. The minimum absolute atomic E-state index is 0. The molecule has 0 radical (unpaired) electrons. The molecular weight excluding hydrogens is 201 g/mol. The predicted molar refractivity (Wildman–Crippen MR) is 69.7 cm³/mol. The first-order valence-corrected chi connectivity index (χ1v) is 4.95. The summed E-state index contributed by atoms with van der Waals surface area (Å²) in [4.78, 5) is 0. The van der Waals surface area contributed by atoms with Crippen molar-refractivity contribution in [2.24, 2.45) is 0 Å². The van der Waals surface area contributed by atoms with Crippen molar-refractivity contribution in [3.63, 3.8) is 0 Å². The molecule has 0 unspecified atom stereocenters. The molecule has 1 nitrogen and oxygen atoms in total. The van der Waals surface area contributed by atoms with E-state index < -0.39 is 0 Å². The molecule has 0 bridgehead atoms. The van der Waals surface area contributed by atoms with Crippen LogP contribution >= 0.6 is 0 Å². The molecule has 0 saturated carbocycles. The van der Waals surface area contributed by atoms with Gasteiger partial charge in [0.2, 0.25) is 0 Å². The molecule has 16 heavy (non-hydrogen) atoms. The van der Waals surface area contributed by atoms with E-state index in [0.717, 1.165) is 11.1 Å². The Bertz CT molecular complexity index is 392. The summed E-state index contributed by atoms with van der Waals surface area (Å²) in [5.74, 6) is -0.162. The van der Waals surface area contributed by atoms with E-state index in [0.29, 0.717) is 5.56 Å². The normalized spacial score (nSPS) is 11.4. The lowest BCUT2D eigenvalue weighted by molar-refractivity contribution is 0.618. The second-order valence-electron chi connectivity index (χ2n) is 3.33. The highest BCUT2D eigenvalue weighted by Crippen LogP contribution is 2.18. The molecule has 2 heteroatoms. The maximum absolute atomic E-state index is 13.3. The molecule has 1 N–H and O–H groups in total. The topological polar surface area (TPSA) is 12.0 Å². The summed E-state index contributed by atoms with van der Waals surface area (Å²) in [6.45, 7) is 3.70. The van der Waals surface area contributed by atoms with Crippen LogP contribution in [-0.4, -0.2) is 7.05 Å². The van der Waals surface area contributed by atoms with Crippen LogP contribution in [0.3, 0.4) is 0 Å². The number of aryl methyl sites for hydroxylation is 1. The number of hydrogen-bond acceptors (Lipinski definition) is 1. The molecule has 0 aromatic heterocycles. The lowest BCUT2D eigenvalue weighted by Gasteiger charge is -2.04. The highest BCUT2D eigenvalue weighted by molar-refractivity contribution is 5.73. The SMILES string of the molecule is C.C/C=C(\C=C/NC)c1ccc(C)c(F)c1. The van der Waals surface area contributed by atoms with Gasteiger partial charge in [-0.1, -0.05) is 25.6 Å². The first kappa shape index (κ1) is 14.4. The van der Waals surface area contributed by atoms with Crippen LogP contribution in [0.25, 0.3) is 5.57 Å². The van der Waals surface area contributed by atoms with Gasteiger partial charge in [-0.25, -0.2) is 4.39 Å². The fourth-order valence-corrected chi connectivity index (χ4v) is 1.30. The van der Waals surface area contributed by atoms with Gasteiger partial charge < -0.3 is 5.32 Å². The van der Waals surface area contributed by atoms with E-state index in [4.69, 9.17) is 0 Å². The van der Waals surface area contributed by atoms with Crippen molar-refractivity contribution >= 4 is 5.57 Å². The van der Waals surface area contributed by atoms with Gasteiger partial charge in [0.25, 0.3) is 0 Å². The molecule has 1 rings (SSSR count). The van der Waals surface area contributed by atoms with Gasteiger partial charge in [-0.2, -0.15) is 0 Å². The third kappa shape index (κ3) is 3.54. The monoisotopic (exact) mass is 221 g/mol. The molecule has 1 aromatic carbocycles. The zero-order chi connectivity index (χ0) is 11.3. The van der Waals surface area contributed by atoms with E-state index >= 15 is 0 Å². The number of halogens is 1. The van der Waals surface area contributed by atoms with Crippen molar-refractivity contribution < 1.29 is 4.39 Å². The molecule has 0 aliphatic rings. The Labute approximate surface area is 97.7 Å². The molecule has 0 saturated heterocycles. The van der Waals surface area contributed by atoms with Crippen molar-refractivity contribution in [1.29, 1.82) is 0 Å². The van der Waals surface area contributed by atoms with Gasteiger partial charge >= 0.3 is 0 Å². The Morgan fingerprint density at radius 3 is 2.56 bits per heavy atom. The van der Waals surface area contributed by atoms with Gasteiger partial charge in [-0.05, 0) is 48.9 Å². The smallest absolute Gasteiger partial charge is 0.126 e. The molecule has 0 heterocycles. The second-order valence-corrected chi connectivity index (χ2v) is 3.33. The number of allylic oxidation sites excluding steroid dienone is 3.